The zero-order chi connectivity index (χ0) is 14.7. The molecule has 104 valence electrons. The van der Waals surface area contributed by atoms with Gasteiger partial charge < -0.3 is 10.5 Å². The molecular weight excluding hydrogens is 252 g/mol. The lowest BCUT2D eigenvalue weighted by Gasteiger charge is -2.15. The first-order valence-corrected chi connectivity index (χ1v) is 6.55. The number of nitrogens with two attached hydrogens (primary N) is 1. The summed E-state index contributed by atoms with van der Waals surface area (Å²) in [7, 11) is 0. The number of aryl methyl sites for hydroxylation is 2. The summed E-state index contributed by atoms with van der Waals surface area (Å²) in [6.45, 7) is 5.73. The van der Waals surface area contributed by atoms with E-state index in [4.69, 9.17) is 10.5 Å². The molecular formula is C16H18N2O2. The zero-order valence-electron chi connectivity index (χ0n) is 11.9. The molecule has 0 aliphatic carbocycles. The molecule has 4 heteroatoms. The molecule has 0 aliphatic rings. The van der Waals surface area contributed by atoms with E-state index in [1.807, 2.05) is 37.3 Å². The van der Waals surface area contributed by atoms with Crippen LogP contribution >= 0.6 is 0 Å². The van der Waals surface area contributed by atoms with Crippen molar-refractivity contribution in [2.24, 2.45) is 0 Å². The van der Waals surface area contributed by atoms with Gasteiger partial charge in [0.1, 0.15) is 0 Å². The summed E-state index contributed by atoms with van der Waals surface area (Å²) in [5.41, 5.74) is 10.1. The lowest BCUT2D eigenvalue weighted by Crippen LogP contribution is -2.13. The Balaban J connectivity index is 2.73. The quantitative estimate of drug-likeness (QED) is 0.870. The summed E-state index contributed by atoms with van der Waals surface area (Å²) in [5, 5.41) is 0. The van der Waals surface area contributed by atoms with Crippen molar-refractivity contribution in [3.05, 3.63) is 47.3 Å². The fourth-order valence-electron chi connectivity index (χ4n) is 2.22. The number of hydrogen-bond donors (Lipinski definition) is 1. The molecule has 0 aliphatic heterocycles. The van der Waals surface area contributed by atoms with E-state index in [1.165, 1.54) is 0 Å². The molecule has 0 fully saturated rings. The number of aromatic nitrogens is 1. The molecule has 2 aromatic rings. The Morgan fingerprint density at radius 1 is 1.20 bits per heavy atom. The maximum atomic E-state index is 12.2. The Hall–Kier alpha value is -2.36. The Labute approximate surface area is 118 Å². The number of nitrogen functional groups attached to an aromatic ring is 1. The van der Waals surface area contributed by atoms with Gasteiger partial charge in [-0.1, -0.05) is 30.3 Å². The Bertz CT molecular complexity index is 637. The highest BCUT2D eigenvalue weighted by molar-refractivity contribution is 6.02. The summed E-state index contributed by atoms with van der Waals surface area (Å²) >= 11 is 0. The zero-order valence-corrected chi connectivity index (χ0v) is 11.9. The van der Waals surface area contributed by atoms with Crippen LogP contribution in [0.25, 0.3) is 11.1 Å². The Morgan fingerprint density at radius 2 is 1.85 bits per heavy atom. The lowest BCUT2D eigenvalue weighted by molar-refractivity contribution is 0.0526. The molecule has 20 heavy (non-hydrogen) atoms. The first kappa shape index (κ1) is 14.1. The van der Waals surface area contributed by atoms with Crippen LogP contribution in [0, 0.1) is 13.8 Å². The second kappa shape index (κ2) is 5.74. The molecule has 0 saturated carbocycles. The van der Waals surface area contributed by atoms with E-state index in [0.717, 1.165) is 11.3 Å². The smallest absolute Gasteiger partial charge is 0.340 e. The first-order chi connectivity index (χ1) is 9.56. The minimum absolute atomic E-state index is 0.320. The van der Waals surface area contributed by atoms with Gasteiger partial charge in [0, 0.05) is 5.56 Å². The fourth-order valence-corrected chi connectivity index (χ4v) is 2.22. The maximum absolute atomic E-state index is 12.2. The third-order valence-corrected chi connectivity index (χ3v) is 3.15. The van der Waals surface area contributed by atoms with Crippen molar-refractivity contribution in [2.75, 3.05) is 12.3 Å². The molecule has 2 N–H and O–H groups in total. The largest absolute Gasteiger partial charge is 0.462 e. The number of esters is 1. The average Bonchev–Trinajstić information content (AvgIpc) is 2.43. The molecule has 4 nitrogen and oxygen atoms in total. The Morgan fingerprint density at radius 3 is 2.45 bits per heavy atom. The molecule has 0 amide bonds. The minimum atomic E-state index is -0.386. The minimum Gasteiger partial charge on any atom is -0.462 e. The number of benzene rings is 1. The van der Waals surface area contributed by atoms with Gasteiger partial charge in [0.15, 0.2) is 0 Å². The summed E-state index contributed by atoms with van der Waals surface area (Å²) in [6.07, 6.45) is 0. The van der Waals surface area contributed by atoms with Crippen LogP contribution in [0.5, 0.6) is 0 Å². The van der Waals surface area contributed by atoms with Crippen LogP contribution in [0.4, 0.5) is 5.69 Å². The highest BCUT2D eigenvalue weighted by atomic mass is 16.5. The van der Waals surface area contributed by atoms with E-state index in [2.05, 4.69) is 4.98 Å². The normalized spacial score (nSPS) is 10.3. The molecule has 1 aromatic heterocycles. The van der Waals surface area contributed by atoms with Gasteiger partial charge in [-0.3, -0.25) is 4.98 Å². The first-order valence-electron chi connectivity index (χ1n) is 6.55. The van der Waals surface area contributed by atoms with E-state index in [9.17, 15) is 4.79 Å². The number of anilines is 1. The topological polar surface area (TPSA) is 65.2 Å². The van der Waals surface area contributed by atoms with Gasteiger partial charge in [0.05, 0.1) is 29.2 Å². The number of rotatable bonds is 3. The van der Waals surface area contributed by atoms with Gasteiger partial charge in [-0.15, -0.1) is 0 Å². The SMILES string of the molecule is CCOC(=O)c1c(C)nc(C)c(N)c1-c1ccccc1. The highest BCUT2D eigenvalue weighted by Gasteiger charge is 2.21. The van der Waals surface area contributed by atoms with Crippen molar-refractivity contribution in [1.29, 1.82) is 0 Å². The van der Waals surface area contributed by atoms with E-state index in [0.29, 0.717) is 29.1 Å². The van der Waals surface area contributed by atoms with Crippen LogP contribution in [0.15, 0.2) is 30.3 Å². The fraction of sp³-hybridized carbons (Fsp3) is 0.250. The molecule has 0 saturated heterocycles. The summed E-state index contributed by atoms with van der Waals surface area (Å²) in [6, 6.07) is 9.59. The van der Waals surface area contributed by atoms with E-state index in [1.54, 1.807) is 13.8 Å². The van der Waals surface area contributed by atoms with E-state index >= 15 is 0 Å². The highest BCUT2D eigenvalue weighted by Crippen LogP contribution is 2.33. The standard InChI is InChI=1S/C16H18N2O2/c1-4-20-16(19)13-10(2)18-11(3)15(17)14(13)12-8-6-5-7-9-12/h5-9H,4,17H2,1-3H3. The number of pyridine rings is 1. The van der Waals surface area contributed by atoms with E-state index < -0.39 is 0 Å². The van der Waals surface area contributed by atoms with E-state index in [-0.39, 0.29) is 5.97 Å². The predicted octanol–water partition coefficient (Wildman–Crippen LogP) is 3.12. The second-order valence-corrected chi connectivity index (χ2v) is 4.53. The molecule has 1 heterocycles. The van der Waals surface area contributed by atoms with Crippen LogP contribution in [0.1, 0.15) is 28.7 Å². The van der Waals surface area contributed by atoms with Crippen molar-refractivity contribution in [2.45, 2.75) is 20.8 Å². The number of nitrogens with zero attached hydrogens (tertiary/aromatic N) is 1. The summed E-state index contributed by atoms with van der Waals surface area (Å²) in [4.78, 5) is 16.5. The third kappa shape index (κ3) is 2.50. The van der Waals surface area contributed by atoms with Crippen LogP contribution in [0.2, 0.25) is 0 Å². The van der Waals surface area contributed by atoms with Gasteiger partial charge in [-0.2, -0.15) is 0 Å². The molecule has 2 rings (SSSR count). The van der Waals surface area contributed by atoms with Crippen LogP contribution in [0.3, 0.4) is 0 Å². The monoisotopic (exact) mass is 270 g/mol. The van der Waals surface area contributed by atoms with Crippen LogP contribution < -0.4 is 5.73 Å². The van der Waals surface area contributed by atoms with Gasteiger partial charge in [0.25, 0.3) is 0 Å². The second-order valence-electron chi connectivity index (χ2n) is 4.53. The number of carbonyl (C=O) groups excluding carboxylic acids is 1. The van der Waals surface area contributed by atoms with Gasteiger partial charge in [-0.25, -0.2) is 4.79 Å². The summed E-state index contributed by atoms with van der Waals surface area (Å²) < 4.78 is 5.13. The van der Waals surface area contributed by atoms with Crippen LogP contribution in [-0.4, -0.2) is 17.6 Å². The predicted molar refractivity (Wildman–Crippen MR) is 79.5 cm³/mol. The van der Waals surface area contributed by atoms with Gasteiger partial charge >= 0.3 is 5.97 Å². The Kier molecular flexibility index (Phi) is 4.03. The van der Waals surface area contributed by atoms with Crippen molar-refractivity contribution in [1.82, 2.24) is 4.98 Å². The van der Waals surface area contributed by atoms with Crippen molar-refractivity contribution < 1.29 is 9.53 Å². The third-order valence-electron chi connectivity index (χ3n) is 3.15. The molecule has 0 spiro atoms. The molecule has 0 unspecified atom stereocenters. The van der Waals surface area contributed by atoms with Crippen molar-refractivity contribution >= 4 is 11.7 Å². The molecule has 1 aromatic carbocycles. The lowest BCUT2D eigenvalue weighted by atomic mass is 9.96. The number of carbonyl (C=O) groups is 1. The summed E-state index contributed by atoms with van der Waals surface area (Å²) in [5.74, 6) is -0.386. The van der Waals surface area contributed by atoms with Gasteiger partial charge in [0.2, 0.25) is 0 Å². The number of ether oxygens (including phenoxy) is 1. The van der Waals surface area contributed by atoms with Gasteiger partial charge in [-0.05, 0) is 26.3 Å². The molecule has 0 bridgehead atoms. The van der Waals surface area contributed by atoms with Crippen molar-refractivity contribution in [3.63, 3.8) is 0 Å². The number of hydrogen-bond acceptors (Lipinski definition) is 4. The van der Waals surface area contributed by atoms with Crippen molar-refractivity contribution in [3.8, 4) is 11.1 Å². The molecule has 0 atom stereocenters. The average molecular weight is 270 g/mol. The maximum Gasteiger partial charge on any atom is 0.340 e. The molecule has 0 radical (unpaired) electrons. The van der Waals surface area contributed by atoms with Crippen LogP contribution in [-0.2, 0) is 4.74 Å².